The van der Waals surface area contributed by atoms with Crippen LogP contribution in [-0.4, -0.2) is 35.2 Å². The first kappa shape index (κ1) is 13.0. The Morgan fingerprint density at radius 2 is 2.17 bits per heavy atom. The van der Waals surface area contributed by atoms with Crippen LogP contribution in [0.3, 0.4) is 0 Å². The number of hydrogen-bond acceptors (Lipinski definition) is 4. The van der Waals surface area contributed by atoms with E-state index in [0.29, 0.717) is 17.1 Å². The van der Waals surface area contributed by atoms with Gasteiger partial charge in [-0.2, -0.15) is 0 Å². The third kappa shape index (κ3) is 2.02. The zero-order valence-corrected chi connectivity index (χ0v) is 11.1. The van der Waals surface area contributed by atoms with Crippen molar-refractivity contribution in [1.29, 1.82) is 0 Å². The first-order valence-electron chi connectivity index (χ1n) is 5.70. The van der Waals surface area contributed by atoms with Gasteiger partial charge in [0.05, 0.1) is 5.56 Å². The molecule has 1 unspecified atom stereocenters. The lowest BCUT2D eigenvalue weighted by Gasteiger charge is -2.15. The van der Waals surface area contributed by atoms with Crippen molar-refractivity contribution in [2.75, 3.05) is 18.1 Å². The number of carbonyl (C=O) groups excluding carboxylic acids is 1. The van der Waals surface area contributed by atoms with Crippen molar-refractivity contribution in [1.82, 2.24) is 0 Å². The molecule has 98 valence electrons. The van der Waals surface area contributed by atoms with Crippen LogP contribution in [0.5, 0.6) is 0 Å². The van der Waals surface area contributed by atoms with E-state index < -0.39 is 5.97 Å². The van der Waals surface area contributed by atoms with Gasteiger partial charge >= 0.3 is 5.97 Å². The van der Waals surface area contributed by atoms with E-state index in [1.54, 1.807) is 6.92 Å². The Labute approximate surface area is 109 Å². The number of nitrogens with zero attached hydrogens (tertiary/aromatic N) is 1. The highest BCUT2D eigenvalue weighted by atomic mass is 32.1. The average molecular weight is 269 g/mol. The van der Waals surface area contributed by atoms with Gasteiger partial charge in [0.2, 0.25) is 5.91 Å². The van der Waals surface area contributed by atoms with Crippen LogP contribution < -0.4 is 4.90 Å². The highest BCUT2D eigenvalue weighted by molar-refractivity contribution is 7.16. The summed E-state index contributed by atoms with van der Waals surface area (Å²) in [4.78, 5) is 25.6. The van der Waals surface area contributed by atoms with Gasteiger partial charge in [-0.05, 0) is 19.4 Å². The predicted octanol–water partition coefficient (Wildman–Crippen LogP) is 1.41. The molecule has 2 N–H and O–H groups in total. The van der Waals surface area contributed by atoms with Crippen molar-refractivity contribution < 1.29 is 19.8 Å². The van der Waals surface area contributed by atoms with Crippen molar-refractivity contribution in [3.8, 4) is 0 Å². The van der Waals surface area contributed by atoms with Crippen LogP contribution in [0.15, 0.2) is 0 Å². The Hall–Kier alpha value is -1.40. The van der Waals surface area contributed by atoms with Crippen molar-refractivity contribution in [2.45, 2.75) is 20.3 Å². The molecule has 0 aromatic carbocycles. The number of carboxylic acids is 1. The summed E-state index contributed by atoms with van der Waals surface area (Å²) in [5, 5.41) is 18.8. The smallest absolute Gasteiger partial charge is 0.339 e. The Morgan fingerprint density at radius 3 is 2.67 bits per heavy atom. The predicted molar refractivity (Wildman–Crippen MR) is 68.3 cm³/mol. The van der Waals surface area contributed by atoms with E-state index in [9.17, 15) is 14.7 Å². The molecule has 5 nitrogen and oxygen atoms in total. The van der Waals surface area contributed by atoms with Crippen LogP contribution in [0.4, 0.5) is 5.00 Å². The summed E-state index contributed by atoms with van der Waals surface area (Å²) in [6.45, 7) is 3.95. The first-order valence-corrected chi connectivity index (χ1v) is 6.51. The number of aliphatic hydroxyl groups is 1. The molecule has 6 heteroatoms. The third-order valence-electron chi connectivity index (χ3n) is 3.29. The minimum absolute atomic E-state index is 0.0476. The molecule has 0 radical (unpaired) electrons. The highest BCUT2D eigenvalue weighted by Crippen LogP contribution is 2.38. The summed E-state index contributed by atoms with van der Waals surface area (Å²) in [5.41, 5.74) is 0.923. The van der Waals surface area contributed by atoms with Crippen molar-refractivity contribution >= 4 is 28.2 Å². The van der Waals surface area contributed by atoms with Crippen LogP contribution in [0.1, 0.15) is 27.2 Å². The van der Waals surface area contributed by atoms with E-state index in [2.05, 4.69) is 0 Å². The van der Waals surface area contributed by atoms with Crippen LogP contribution in [0, 0.1) is 19.8 Å². The zero-order valence-electron chi connectivity index (χ0n) is 10.3. The van der Waals surface area contributed by atoms with E-state index in [1.165, 1.54) is 16.2 Å². The fraction of sp³-hybridized carbons (Fsp3) is 0.500. The van der Waals surface area contributed by atoms with Crippen molar-refractivity contribution in [3.05, 3.63) is 16.0 Å². The molecular formula is C12H15NO4S. The third-order valence-corrected chi connectivity index (χ3v) is 4.52. The summed E-state index contributed by atoms with van der Waals surface area (Å²) in [5.74, 6) is -1.22. The summed E-state index contributed by atoms with van der Waals surface area (Å²) >= 11 is 1.33. The summed E-state index contributed by atoms with van der Waals surface area (Å²) in [6, 6.07) is 0. The fourth-order valence-corrected chi connectivity index (χ4v) is 3.33. The lowest BCUT2D eigenvalue weighted by molar-refractivity contribution is -0.117. The Balaban J connectivity index is 2.43. The molecule has 0 spiro atoms. The quantitative estimate of drug-likeness (QED) is 0.869. The normalized spacial score (nSPS) is 19.6. The van der Waals surface area contributed by atoms with Gasteiger partial charge in [0.1, 0.15) is 5.00 Å². The first-order chi connectivity index (χ1) is 8.45. The molecule has 1 saturated heterocycles. The molecule has 0 saturated carbocycles. The zero-order chi connectivity index (χ0) is 13.4. The molecule has 1 fully saturated rings. The minimum atomic E-state index is -1.01. The van der Waals surface area contributed by atoms with Gasteiger partial charge in [-0.1, -0.05) is 0 Å². The lowest BCUT2D eigenvalue weighted by Crippen LogP contribution is -2.25. The number of thiophene rings is 1. The summed E-state index contributed by atoms with van der Waals surface area (Å²) < 4.78 is 0. The maximum absolute atomic E-state index is 11.9. The van der Waals surface area contributed by atoms with Crippen LogP contribution >= 0.6 is 11.3 Å². The topological polar surface area (TPSA) is 77.8 Å². The number of aliphatic hydroxyl groups excluding tert-OH is 1. The molecule has 0 aliphatic carbocycles. The standard InChI is InChI=1S/C12H15NO4S/c1-6-7(2)18-11(10(6)12(16)17)13-4-8(5-14)3-9(13)15/h8,14H,3-5H2,1-2H3,(H,16,17). The van der Waals surface area contributed by atoms with E-state index in [1.807, 2.05) is 6.92 Å². The molecule has 1 aromatic heterocycles. The van der Waals surface area contributed by atoms with Crippen molar-refractivity contribution in [2.24, 2.45) is 5.92 Å². The number of carboxylic acid groups (broad SMARTS) is 1. The van der Waals surface area contributed by atoms with E-state index in [0.717, 1.165) is 4.88 Å². The van der Waals surface area contributed by atoms with E-state index in [-0.39, 0.29) is 30.4 Å². The van der Waals surface area contributed by atoms with Gasteiger partial charge < -0.3 is 15.1 Å². The average Bonchev–Trinajstić information content (AvgIpc) is 2.81. The minimum Gasteiger partial charge on any atom is -0.478 e. The number of hydrogen-bond donors (Lipinski definition) is 2. The highest BCUT2D eigenvalue weighted by Gasteiger charge is 2.34. The van der Waals surface area contributed by atoms with Gasteiger partial charge in [-0.15, -0.1) is 11.3 Å². The van der Waals surface area contributed by atoms with E-state index in [4.69, 9.17) is 5.11 Å². The molecule has 18 heavy (non-hydrogen) atoms. The molecule has 1 aliphatic heterocycles. The molecule has 0 bridgehead atoms. The number of aromatic carboxylic acids is 1. The van der Waals surface area contributed by atoms with Gasteiger partial charge in [0.25, 0.3) is 0 Å². The number of aryl methyl sites for hydroxylation is 1. The molecular weight excluding hydrogens is 254 g/mol. The number of anilines is 1. The maximum Gasteiger partial charge on any atom is 0.339 e. The molecule has 1 aromatic rings. The Bertz CT molecular complexity index is 508. The molecule has 1 amide bonds. The van der Waals surface area contributed by atoms with Crippen LogP contribution in [0.2, 0.25) is 0 Å². The van der Waals surface area contributed by atoms with Gasteiger partial charge in [0, 0.05) is 30.4 Å². The number of carbonyl (C=O) groups is 2. The summed E-state index contributed by atoms with van der Waals surface area (Å²) in [7, 11) is 0. The van der Waals surface area contributed by atoms with Crippen LogP contribution in [0.25, 0.3) is 0 Å². The summed E-state index contributed by atoms with van der Waals surface area (Å²) in [6.07, 6.45) is 0.283. The number of rotatable bonds is 3. The Morgan fingerprint density at radius 1 is 1.50 bits per heavy atom. The monoisotopic (exact) mass is 269 g/mol. The second-order valence-electron chi connectivity index (χ2n) is 4.53. The maximum atomic E-state index is 11.9. The number of amides is 1. The fourth-order valence-electron chi connectivity index (χ4n) is 2.15. The lowest BCUT2D eigenvalue weighted by atomic mass is 10.1. The Kier molecular flexibility index (Phi) is 3.41. The van der Waals surface area contributed by atoms with Gasteiger partial charge in [-0.25, -0.2) is 4.79 Å². The second-order valence-corrected chi connectivity index (χ2v) is 5.73. The van der Waals surface area contributed by atoms with Crippen molar-refractivity contribution in [3.63, 3.8) is 0 Å². The molecule has 2 rings (SSSR count). The van der Waals surface area contributed by atoms with Crippen LogP contribution in [-0.2, 0) is 4.79 Å². The van der Waals surface area contributed by atoms with Gasteiger partial charge in [0.15, 0.2) is 0 Å². The molecule has 1 atom stereocenters. The largest absolute Gasteiger partial charge is 0.478 e. The second kappa shape index (κ2) is 4.70. The van der Waals surface area contributed by atoms with Gasteiger partial charge in [-0.3, -0.25) is 4.79 Å². The SMILES string of the molecule is Cc1sc(N2CC(CO)CC2=O)c(C(=O)O)c1C. The van der Waals surface area contributed by atoms with E-state index >= 15 is 0 Å². The molecule has 1 aliphatic rings. The molecule has 2 heterocycles.